The third-order valence-electron chi connectivity index (χ3n) is 4.04. The molecule has 1 unspecified atom stereocenters. The van der Waals surface area contributed by atoms with Gasteiger partial charge in [0.25, 0.3) is 0 Å². The van der Waals surface area contributed by atoms with Crippen LogP contribution in [-0.4, -0.2) is 35.9 Å². The fraction of sp³-hybridized carbons (Fsp3) is 0.294. The van der Waals surface area contributed by atoms with Crippen LogP contribution < -0.4 is 0 Å². The summed E-state index contributed by atoms with van der Waals surface area (Å²) in [6.45, 7) is 3.45. The number of aromatic nitrogens is 5. The zero-order chi connectivity index (χ0) is 17.3. The molecule has 2 heterocycles. The van der Waals surface area contributed by atoms with Gasteiger partial charge in [-0.3, -0.25) is 4.68 Å². The highest BCUT2D eigenvalue weighted by Crippen LogP contribution is 2.25. The minimum Gasteiger partial charge on any atom is -0.479 e. The summed E-state index contributed by atoms with van der Waals surface area (Å²) in [4.78, 5) is 13.3. The zero-order valence-electron chi connectivity index (χ0n) is 13.8. The predicted molar refractivity (Wildman–Crippen MR) is 88.4 cm³/mol. The Hall–Kier alpha value is -2.96. The molecule has 0 aliphatic carbocycles. The predicted octanol–water partition coefficient (Wildman–Crippen LogP) is 2.03. The summed E-state index contributed by atoms with van der Waals surface area (Å²) in [5.74, 6) is -0.985. The maximum atomic E-state index is 12.0. The van der Waals surface area contributed by atoms with Crippen molar-refractivity contribution in [2.24, 2.45) is 7.05 Å². The number of aryl methyl sites for hydroxylation is 2. The van der Waals surface area contributed by atoms with Crippen molar-refractivity contribution in [3.8, 4) is 11.3 Å². The SMILES string of the molecule is Cc1nn(C(C)(Cc2cnn(C)c2)C(=O)O)nc1-c1ccccc1. The molecule has 124 valence electrons. The maximum Gasteiger partial charge on any atom is 0.333 e. The highest BCUT2D eigenvalue weighted by molar-refractivity contribution is 5.76. The van der Waals surface area contributed by atoms with Crippen LogP contribution in [0.4, 0.5) is 0 Å². The fourth-order valence-corrected chi connectivity index (χ4v) is 2.65. The number of hydrogen-bond donors (Lipinski definition) is 1. The van der Waals surface area contributed by atoms with E-state index in [9.17, 15) is 9.90 Å². The second-order valence-electron chi connectivity index (χ2n) is 6.07. The van der Waals surface area contributed by atoms with Gasteiger partial charge in [0.1, 0.15) is 5.69 Å². The quantitative estimate of drug-likeness (QED) is 0.776. The average Bonchev–Trinajstić information content (AvgIpc) is 3.14. The van der Waals surface area contributed by atoms with E-state index in [1.54, 1.807) is 31.0 Å². The first-order valence-electron chi connectivity index (χ1n) is 7.61. The minimum absolute atomic E-state index is 0.249. The van der Waals surface area contributed by atoms with Crippen molar-refractivity contribution in [1.29, 1.82) is 0 Å². The molecule has 0 spiro atoms. The Kier molecular flexibility index (Phi) is 3.92. The van der Waals surface area contributed by atoms with Crippen LogP contribution in [0.25, 0.3) is 11.3 Å². The van der Waals surface area contributed by atoms with Crippen LogP contribution in [0.1, 0.15) is 18.2 Å². The highest BCUT2D eigenvalue weighted by Gasteiger charge is 2.39. The van der Waals surface area contributed by atoms with Gasteiger partial charge in [-0.25, -0.2) is 4.79 Å². The van der Waals surface area contributed by atoms with Gasteiger partial charge in [0.05, 0.1) is 11.9 Å². The second kappa shape index (κ2) is 5.92. The smallest absolute Gasteiger partial charge is 0.333 e. The number of nitrogens with zero attached hydrogens (tertiary/aromatic N) is 5. The molecule has 7 heteroatoms. The molecule has 7 nitrogen and oxygen atoms in total. The number of aliphatic carboxylic acids is 1. The molecule has 2 aromatic heterocycles. The lowest BCUT2D eigenvalue weighted by molar-refractivity contribution is -0.147. The molecule has 0 aliphatic heterocycles. The van der Waals surface area contributed by atoms with Crippen LogP contribution in [0.5, 0.6) is 0 Å². The van der Waals surface area contributed by atoms with Gasteiger partial charge in [-0.05, 0) is 19.4 Å². The molecule has 1 aromatic carbocycles. The molecule has 3 rings (SSSR count). The number of carbonyl (C=O) groups is 1. The standard InChI is InChI=1S/C17H19N5O2/c1-12-15(14-7-5-4-6-8-14)20-22(19-12)17(2,16(23)24)9-13-10-18-21(3)11-13/h4-8,10-11H,9H2,1-3H3,(H,23,24). The van der Waals surface area contributed by atoms with E-state index in [1.807, 2.05) is 37.3 Å². The second-order valence-corrected chi connectivity index (χ2v) is 6.07. The molecule has 0 amide bonds. The average molecular weight is 325 g/mol. The van der Waals surface area contributed by atoms with Crippen LogP contribution in [0.2, 0.25) is 0 Å². The van der Waals surface area contributed by atoms with Crippen LogP contribution in [0, 0.1) is 6.92 Å². The van der Waals surface area contributed by atoms with Crippen LogP contribution in [-0.2, 0) is 23.8 Å². The van der Waals surface area contributed by atoms with Crippen LogP contribution in [0.3, 0.4) is 0 Å². The van der Waals surface area contributed by atoms with Crippen molar-refractivity contribution in [2.75, 3.05) is 0 Å². The minimum atomic E-state index is -1.29. The molecule has 0 saturated carbocycles. The van der Waals surface area contributed by atoms with E-state index in [1.165, 1.54) is 4.80 Å². The van der Waals surface area contributed by atoms with E-state index in [2.05, 4.69) is 15.3 Å². The number of carboxylic acids is 1. The van der Waals surface area contributed by atoms with Gasteiger partial charge in [-0.1, -0.05) is 30.3 Å². The first kappa shape index (κ1) is 15.9. The van der Waals surface area contributed by atoms with E-state index in [0.717, 1.165) is 11.1 Å². The molecule has 0 saturated heterocycles. The third-order valence-corrected chi connectivity index (χ3v) is 4.04. The summed E-state index contributed by atoms with van der Waals surface area (Å²) in [6.07, 6.45) is 3.71. The third kappa shape index (κ3) is 2.80. The molecule has 0 aliphatic rings. The number of benzene rings is 1. The largest absolute Gasteiger partial charge is 0.479 e. The first-order chi connectivity index (χ1) is 11.4. The van der Waals surface area contributed by atoms with Crippen molar-refractivity contribution in [1.82, 2.24) is 24.8 Å². The van der Waals surface area contributed by atoms with E-state index in [-0.39, 0.29) is 6.42 Å². The van der Waals surface area contributed by atoms with Gasteiger partial charge in [-0.2, -0.15) is 20.1 Å². The van der Waals surface area contributed by atoms with Gasteiger partial charge in [0, 0.05) is 25.2 Å². The van der Waals surface area contributed by atoms with E-state index in [0.29, 0.717) is 11.4 Å². The van der Waals surface area contributed by atoms with Gasteiger partial charge in [0.15, 0.2) is 5.54 Å². The molecule has 3 aromatic rings. The lowest BCUT2D eigenvalue weighted by Gasteiger charge is -2.23. The van der Waals surface area contributed by atoms with Crippen molar-refractivity contribution >= 4 is 5.97 Å². The number of hydrogen-bond acceptors (Lipinski definition) is 4. The lowest BCUT2D eigenvalue weighted by atomic mass is 9.95. The van der Waals surface area contributed by atoms with Crippen molar-refractivity contribution in [3.63, 3.8) is 0 Å². The zero-order valence-corrected chi connectivity index (χ0v) is 13.8. The molecule has 1 N–H and O–H groups in total. The Balaban J connectivity index is 2.02. The summed E-state index contributed by atoms with van der Waals surface area (Å²) in [7, 11) is 1.80. The first-order valence-corrected chi connectivity index (χ1v) is 7.61. The topological polar surface area (TPSA) is 85.8 Å². The van der Waals surface area contributed by atoms with Crippen LogP contribution in [0.15, 0.2) is 42.7 Å². The van der Waals surface area contributed by atoms with Gasteiger partial charge >= 0.3 is 5.97 Å². The van der Waals surface area contributed by atoms with Gasteiger partial charge < -0.3 is 5.11 Å². The molecular weight excluding hydrogens is 306 g/mol. The Bertz CT molecular complexity index is 868. The van der Waals surface area contributed by atoms with E-state index >= 15 is 0 Å². The van der Waals surface area contributed by atoms with Crippen molar-refractivity contribution in [2.45, 2.75) is 25.8 Å². The summed E-state index contributed by atoms with van der Waals surface area (Å²) >= 11 is 0. The monoisotopic (exact) mass is 325 g/mol. The number of carboxylic acid groups (broad SMARTS) is 1. The number of rotatable bonds is 5. The summed E-state index contributed by atoms with van der Waals surface area (Å²) in [6, 6.07) is 9.62. The summed E-state index contributed by atoms with van der Waals surface area (Å²) in [5.41, 5.74) is 1.82. The van der Waals surface area contributed by atoms with Crippen molar-refractivity contribution in [3.05, 3.63) is 54.0 Å². The van der Waals surface area contributed by atoms with E-state index in [4.69, 9.17) is 0 Å². The van der Waals surface area contributed by atoms with Gasteiger partial charge in [-0.15, -0.1) is 0 Å². The molecule has 0 bridgehead atoms. The summed E-state index contributed by atoms with van der Waals surface area (Å²) in [5, 5.41) is 22.7. The molecule has 24 heavy (non-hydrogen) atoms. The van der Waals surface area contributed by atoms with E-state index < -0.39 is 11.5 Å². The normalized spacial score (nSPS) is 13.6. The fourth-order valence-electron chi connectivity index (χ4n) is 2.65. The maximum absolute atomic E-state index is 12.0. The Morgan fingerprint density at radius 1 is 1.25 bits per heavy atom. The Morgan fingerprint density at radius 3 is 2.54 bits per heavy atom. The highest BCUT2D eigenvalue weighted by atomic mass is 16.4. The lowest BCUT2D eigenvalue weighted by Crippen LogP contribution is -2.42. The Labute approximate surface area is 139 Å². The molecular formula is C17H19N5O2. The molecule has 1 atom stereocenters. The molecule has 0 radical (unpaired) electrons. The van der Waals surface area contributed by atoms with Crippen molar-refractivity contribution < 1.29 is 9.90 Å². The summed E-state index contributed by atoms with van der Waals surface area (Å²) < 4.78 is 1.65. The Morgan fingerprint density at radius 2 is 1.96 bits per heavy atom. The van der Waals surface area contributed by atoms with Gasteiger partial charge in [0.2, 0.25) is 0 Å². The van der Waals surface area contributed by atoms with Crippen LogP contribution >= 0.6 is 0 Å². The molecule has 0 fully saturated rings.